The van der Waals surface area contributed by atoms with Crippen LogP contribution in [0.5, 0.6) is 17.2 Å². The molecule has 0 bridgehead atoms. The summed E-state index contributed by atoms with van der Waals surface area (Å²) in [6.07, 6.45) is 0. The van der Waals surface area contributed by atoms with E-state index in [0.29, 0.717) is 22.8 Å². The second-order valence-electron chi connectivity index (χ2n) is 3.86. The van der Waals surface area contributed by atoms with E-state index >= 15 is 0 Å². The van der Waals surface area contributed by atoms with Crippen LogP contribution < -0.4 is 14.2 Å². The summed E-state index contributed by atoms with van der Waals surface area (Å²) >= 11 is 11.3. The minimum atomic E-state index is -0.857. The number of benzene rings is 1. The molecule has 1 aromatic carbocycles. The van der Waals surface area contributed by atoms with E-state index in [2.05, 4.69) is 9.97 Å². The van der Waals surface area contributed by atoms with Gasteiger partial charge in [0.25, 0.3) is 0 Å². The quantitative estimate of drug-likeness (QED) is 0.795. The highest BCUT2D eigenvalue weighted by atomic mass is 35.5. The molecule has 0 saturated heterocycles. The molecule has 0 unspecified atom stereocenters. The third-order valence-corrected chi connectivity index (χ3v) is 3.19. The van der Waals surface area contributed by atoms with E-state index in [1.54, 1.807) is 12.1 Å². The van der Waals surface area contributed by atoms with Gasteiger partial charge in [0.15, 0.2) is 33.4 Å². The largest absolute Gasteiger partial charge is 0.493 e. The normalized spacial score (nSPS) is 12.6. The van der Waals surface area contributed by atoms with Crippen LogP contribution in [0.1, 0.15) is 0 Å². The molecule has 0 saturated carbocycles. The molecule has 20 heavy (non-hydrogen) atoms. The number of halogens is 3. The third-order valence-electron chi connectivity index (χ3n) is 2.69. The molecular weight excluding hydrogens is 310 g/mol. The zero-order valence-electron chi connectivity index (χ0n) is 10.1. The van der Waals surface area contributed by atoms with E-state index < -0.39 is 5.82 Å². The second-order valence-corrected chi connectivity index (χ2v) is 4.57. The lowest BCUT2D eigenvalue weighted by Crippen LogP contribution is -1.95. The first-order valence-electron chi connectivity index (χ1n) is 5.46. The van der Waals surface area contributed by atoms with E-state index in [1.165, 1.54) is 7.11 Å². The Bertz CT molecular complexity index is 674. The van der Waals surface area contributed by atoms with Gasteiger partial charge in [0, 0.05) is 5.56 Å². The Kier molecular flexibility index (Phi) is 3.27. The number of nitrogens with zero attached hydrogens (tertiary/aromatic N) is 2. The first-order valence-corrected chi connectivity index (χ1v) is 6.22. The van der Waals surface area contributed by atoms with Crippen molar-refractivity contribution in [3.05, 3.63) is 28.3 Å². The number of methoxy groups -OCH3 is 1. The lowest BCUT2D eigenvalue weighted by molar-refractivity contribution is 0.171. The maximum atomic E-state index is 13.3. The molecule has 0 N–H and O–H groups in total. The minimum Gasteiger partial charge on any atom is -0.493 e. The SMILES string of the molecule is COc1cc(-c2nc(Cl)c(F)c(Cl)n2)cc2c1OCO2. The van der Waals surface area contributed by atoms with E-state index in [9.17, 15) is 4.39 Å². The van der Waals surface area contributed by atoms with E-state index in [0.717, 1.165) is 0 Å². The van der Waals surface area contributed by atoms with Gasteiger partial charge in [-0.3, -0.25) is 0 Å². The molecule has 0 aliphatic carbocycles. The third kappa shape index (κ3) is 2.10. The van der Waals surface area contributed by atoms with Gasteiger partial charge in [-0.25, -0.2) is 14.4 Å². The van der Waals surface area contributed by atoms with Gasteiger partial charge >= 0.3 is 0 Å². The molecule has 0 radical (unpaired) electrons. The Labute approximate surface area is 123 Å². The van der Waals surface area contributed by atoms with E-state index in [1.807, 2.05) is 0 Å². The fraction of sp³-hybridized carbons (Fsp3) is 0.167. The Morgan fingerprint density at radius 3 is 2.55 bits per heavy atom. The Balaban J connectivity index is 2.16. The average Bonchev–Trinajstić information content (AvgIpc) is 2.91. The molecule has 1 aromatic heterocycles. The highest BCUT2D eigenvalue weighted by Crippen LogP contribution is 2.43. The highest BCUT2D eigenvalue weighted by molar-refractivity contribution is 6.33. The zero-order chi connectivity index (χ0) is 14.3. The molecule has 0 amide bonds. The van der Waals surface area contributed by atoms with Crippen molar-refractivity contribution in [1.29, 1.82) is 0 Å². The van der Waals surface area contributed by atoms with Crippen LogP contribution in [0.2, 0.25) is 10.3 Å². The summed E-state index contributed by atoms with van der Waals surface area (Å²) in [4.78, 5) is 7.70. The smallest absolute Gasteiger partial charge is 0.231 e. The molecule has 104 valence electrons. The molecule has 0 atom stereocenters. The van der Waals surface area contributed by atoms with Crippen molar-refractivity contribution in [2.45, 2.75) is 0 Å². The predicted molar refractivity (Wildman–Crippen MR) is 70.1 cm³/mol. The summed E-state index contributed by atoms with van der Waals surface area (Å²) in [7, 11) is 1.49. The van der Waals surface area contributed by atoms with Crippen LogP contribution >= 0.6 is 23.2 Å². The Morgan fingerprint density at radius 1 is 1.20 bits per heavy atom. The summed E-state index contributed by atoms with van der Waals surface area (Å²) in [6, 6.07) is 3.28. The molecule has 5 nitrogen and oxygen atoms in total. The van der Waals surface area contributed by atoms with Crippen molar-refractivity contribution in [3.8, 4) is 28.6 Å². The van der Waals surface area contributed by atoms with Gasteiger partial charge in [-0.2, -0.15) is 0 Å². The molecule has 3 rings (SSSR count). The van der Waals surface area contributed by atoms with E-state index in [4.69, 9.17) is 37.4 Å². The highest BCUT2D eigenvalue weighted by Gasteiger charge is 2.22. The Morgan fingerprint density at radius 2 is 1.90 bits per heavy atom. The lowest BCUT2D eigenvalue weighted by atomic mass is 10.1. The minimum absolute atomic E-state index is 0.0981. The monoisotopic (exact) mass is 316 g/mol. The first kappa shape index (κ1) is 13.2. The van der Waals surface area contributed by atoms with Gasteiger partial charge < -0.3 is 14.2 Å². The van der Waals surface area contributed by atoms with Crippen LogP contribution in [0.3, 0.4) is 0 Å². The van der Waals surface area contributed by atoms with Crippen molar-refractivity contribution in [2.24, 2.45) is 0 Å². The predicted octanol–water partition coefficient (Wildman–Crippen LogP) is 3.33. The molecule has 0 fully saturated rings. The molecular formula is C12H7Cl2FN2O3. The number of aromatic nitrogens is 2. The molecule has 8 heteroatoms. The molecule has 1 aliphatic heterocycles. The fourth-order valence-corrected chi connectivity index (χ4v) is 2.17. The van der Waals surface area contributed by atoms with Crippen molar-refractivity contribution >= 4 is 23.2 Å². The maximum Gasteiger partial charge on any atom is 0.231 e. The van der Waals surface area contributed by atoms with Crippen molar-refractivity contribution in [1.82, 2.24) is 9.97 Å². The Hall–Kier alpha value is -1.79. The molecule has 0 spiro atoms. The number of hydrogen-bond acceptors (Lipinski definition) is 5. The van der Waals surface area contributed by atoms with Crippen molar-refractivity contribution in [3.63, 3.8) is 0 Å². The second kappa shape index (κ2) is 4.96. The summed E-state index contributed by atoms with van der Waals surface area (Å²) in [5, 5.41) is -0.701. The van der Waals surface area contributed by atoms with Gasteiger partial charge in [0.2, 0.25) is 12.5 Å². The summed E-state index contributed by atoms with van der Waals surface area (Å²) < 4.78 is 29.1. The van der Waals surface area contributed by atoms with Crippen LogP contribution in [0.4, 0.5) is 4.39 Å². The number of ether oxygens (including phenoxy) is 3. The number of fused-ring (bicyclic) bond motifs is 1. The van der Waals surface area contributed by atoms with Crippen LogP contribution in [-0.4, -0.2) is 23.9 Å². The van der Waals surface area contributed by atoms with Crippen molar-refractivity contribution < 1.29 is 18.6 Å². The van der Waals surface area contributed by atoms with Crippen LogP contribution in [0.15, 0.2) is 12.1 Å². The first-order chi connectivity index (χ1) is 9.60. The van der Waals surface area contributed by atoms with Crippen LogP contribution in [0, 0.1) is 5.82 Å². The van der Waals surface area contributed by atoms with Gasteiger partial charge in [0.05, 0.1) is 7.11 Å². The molecule has 1 aliphatic rings. The zero-order valence-corrected chi connectivity index (χ0v) is 11.6. The lowest BCUT2D eigenvalue weighted by Gasteiger charge is -2.08. The molecule has 2 aromatic rings. The standard InChI is InChI=1S/C12H7Cl2FN2O3/c1-18-6-2-5(3-7-9(6)20-4-19-7)12-16-10(13)8(15)11(14)17-12/h2-3H,4H2,1H3. The van der Waals surface area contributed by atoms with Gasteiger partial charge in [-0.05, 0) is 12.1 Å². The van der Waals surface area contributed by atoms with Crippen LogP contribution in [-0.2, 0) is 0 Å². The fourth-order valence-electron chi connectivity index (χ4n) is 1.78. The molecule has 2 heterocycles. The number of hydrogen-bond donors (Lipinski definition) is 0. The van der Waals surface area contributed by atoms with E-state index in [-0.39, 0.29) is 22.9 Å². The van der Waals surface area contributed by atoms with Crippen molar-refractivity contribution in [2.75, 3.05) is 13.9 Å². The summed E-state index contributed by atoms with van der Waals surface area (Å²) in [5.74, 6) is 0.744. The van der Waals surface area contributed by atoms with Crippen LogP contribution in [0.25, 0.3) is 11.4 Å². The maximum absolute atomic E-state index is 13.3. The summed E-state index contributed by atoms with van der Waals surface area (Å²) in [6.45, 7) is 0.0981. The topological polar surface area (TPSA) is 53.5 Å². The van der Waals surface area contributed by atoms with Gasteiger partial charge in [-0.1, -0.05) is 23.2 Å². The number of rotatable bonds is 2. The van der Waals surface area contributed by atoms with Gasteiger partial charge in [0.1, 0.15) is 0 Å². The summed E-state index contributed by atoms with van der Waals surface area (Å²) in [5.41, 5.74) is 0.523. The van der Waals surface area contributed by atoms with Gasteiger partial charge in [-0.15, -0.1) is 0 Å². The average molecular weight is 317 g/mol.